The third-order valence-corrected chi connectivity index (χ3v) is 4.09. The average Bonchev–Trinajstić information content (AvgIpc) is 2.96. The van der Waals surface area contributed by atoms with E-state index < -0.39 is 5.54 Å². The van der Waals surface area contributed by atoms with Gasteiger partial charge in [0.25, 0.3) is 0 Å². The molecule has 5 nitrogen and oxygen atoms in total. The van der Waals surface area contributed by atoms with E-state index in [0.29, 0.717) is 29.7 Å². The maximum Gasteiger partial charge on any atom is 0.225 e. The molecule has 116 valence electrons. The first kappa shape index (κ1) is 16.0. The smallest absolute Gasteiger partial charge is 0.225 e. The second-order valence-corrected chi connectivity index (χ2v) is 5.71. The summed E-state index contributed by atoms with van der Waals surface area (Å²) in [5.74, 6) is 0.286. The predicted molar refractivity (Wildman–Crippen MR) is 81.7 cm³/mol. The molecule has 1 aromatic rings. The lowest BCUT2D eigenvalue weighted by Gasteiger charge is -2.22. The number of hydrogen-bond donors (Lipinski definition) is 1. The molecule has 22 heavy (non-hydrogen) atoms. The first-order valence-electron chi connectivity index (χ1n) is 7.40. The van der Waals surface area contributed by atoms with Crippen molar-refractivity contribution in [3.63, 3.8) is 0 Å². The van der Waals surface area contributed by atoms with E-state index in [9.17, 15) is 14.9 Å². The zero-order valence-electron chi connectivity index (χ0n) is 12.9. The van der Waals surface area contributed by atoms with Gasteiger partial charge in [-0.05, 0) is 50.8 Å². The number of nitrogens with one attached hydrogen (secondary N) is 1. The highest BCUT2D eigenvalue weighted by molar-refractivity contribution is 5.94. The molecule has 0 aliphatic heterocycles. The van der Waals surface area contributed by atoms with Crippen molar-refractivity contribution in [2.75, 3.05) is 7.11 Å². The van der Waals surface area contributed by atoms with Gasteiger partial charge in [0.2, 0.25) is 5.91 Å². The maximum atomic E-state index is 12.3. The van der Waals surface area contributed by atoms with Crippen LogP contribution in [0.1, 0.15) is 48.5 Å². The summed E-state index contributed by atoms with van der Waals surface area (Å²) in [4.78, 5) is 23.8. The molecule has 5 heteroatoms. The average molecular weight is 300 g/mol. The van der Waals surface area contributed by atoms with E-state index in [1.54, 1.807) is 18.2 Å². The fourth-order valence-electron chi connectivity index (χ4n) is 2.86. The van der Waals surface area contributed by atoms with Crippen molar-refractivity contribution < 1.29 is 14.3 Å². The Hall–Kier alpha value is -2.35. The molecular weight excluding hydrogens is 280 g/mol. The number of carbonyl (C=O) groups excluding carboxylic acids is 2. The van der Waals surface area contributed by atoms with E-state index >= 15 is 0 Å². The summed E-state index contributed by atoms with van der Waals surface area (Å²) in [6, 6.07) is 7.28. The van der Waals surface area contributed by atoms with Gasteiger partial charge in [0.1, 0.15) is 11.3 Å². The van der Waals surface area contributed by atoms with Gasteiger partial charge >= 0.3 is 0 Å². The molecule has 0 heterocycles. The largest absolute Gasteiger partial charge is 0.496 e. The van der Waals surface area contributed by atoms with Gasteiger partial charge in [0, 0.05) is 11.1 Å². The Morgan fingerprint density at radius 1 is 1.36 bits per heavy atom. The standard InChI is InChI=1S/C17H20N2O3/c1-12(20)13-5-6-15(22-2)14(9-13)10-16(21)19-17(11-18)7-3-4-8-17/h5-6,9H,3-4,7-8,10H2,1-2H3,(H,19,21). The monoisotopic (exact) mass is 300 g/mol. The molecule has 1 N–H and O–H groups in total. The lowest BCUT2D eigenvalue weighted by molar-refractivity contribution is -0.121. The van der Waals surface area contributed by atoms with Crippen molar-refractivity contribution in [1.82, 2.24) is 5.32 Å². The van der Waals surface area contributed by atoms with Crippen molar-refractivity contribution in [3.8, 4) is 11.8 Å². The van der Waals surface area contributed by atoms with E-state index in [1.165, 1.54) is 14.0 Å². The van der Waals surface area contributed by atoms with Gasteiger partial charge in [0.05, 0.1) is 19.6 Å². The Bertz CT molecular complexity index is 625. The Morgan fingerprint density at radius 3 is 2.59 bits per heavy atom. The van der Waals surface area contributed by atoms with Crippen molar-refractivity contribution in [1.29, 1.82) is 5.26 Å². The summed E-state index contributed by atoms with van der Waals surface area (Å²) >= 11 is 0. The first-order chi connectivity index (χ1) is 10.5. The molecular formula is C17H20N2O3. The van der Waals surface area contributed by atoms with Crippen molar-refractivity contribution in [2.45, 2.75) is 44.6 Å². The van der Waals surface area contributed by atoms with Gasteiger partial charge < -0.3 is 10.1 Å². The number of nitriles is 1. The van der Waals surface area contributed by atoms with Crippen molar-refractivity contribution in [2.24, 2.45) is 0 Å². The first-order valence-corrected chi connectivity index (χ1v) is 7.40. The van der Waals surface area contributed by atoms with Crippen LogP contribution < -0.4 is 10.1 Å². The number of carbonyl (C=O) groups is 2. The van der Waals surface area contributed by atoms with Gasteiger partial charge in [-0.2, -0.15) is 5.26 Å². The van der Waals surface area contributed by atoms with E-state index in [1.807, 2.05) is 0 Å². The summed E-state index contributed by atoms with van der Waals surface area (Å²) in [5.41, 5.74) is 0.459. The minimum absolute atomic E-state index is 0.0615. The predicted octanol–water partition coefficient (Wildman–Crippen LogP) is 2.39. The molecule has 0 saturated heterocycles. The van der Waals surface area contributed by atoms with Crippen LogP contribution in [0.2, 0.25) is 0 Å². The van der Waals surface area contributed by atoms with Gasteiger partial charge in [0.15, 0.2) is 5.78 Å². The highest BCUT2D eigenvalue weighted by Crippen LogP contribution is 2.29. The quantitative estimate of drug-likeness (QED) is 0.847. The summed E-state index contributed by atoms with van der Waals surface area (Å²) in [6.45, 7) is 1.48. The molecule has 0 spiro atoms. The molecule has 1 fully saturated rings. The number of ketones is 1. The third-order valence-electron chi connectivity index (χ3n) is 4.09. The Kier molecular flexibility index (Phi) is 4.81. The highest BCUT2D eigenvalue weighted by atomic mass is 16.5. The van der Waals surface area contributed by atoms with Crippen molar-refractivity contribution in [3.05, 3.63) is 29.3 Å². The number of hydrogen-bond acceptors (Lipinski definition) is 4. The van der Waals surface area contributed by atoms with Gasteiger partial charge in [-0.15, -0.1) is 0 Å². The van der Waals surface area contributed by atoms with Crippen molar-refractivity contribution >= 4 is 11.7 Å². The van der Waals surface area contributed by atoms with Gasteiger partial charge in [-0.1, -0.05) is 0 Å². The van der Waals surface area contributed by atoms with Crippen LogP contribution in [0.3, 0.4) is 0 Å². The molecule has 1 aromatic carbocycles. The van der Waals surface area contributed by atoms with Crippen LogP contribution in [-0.2, 0) is 11.2 Å². The maximum absolute atomic E-state index is 12.3. The lowest BCUT2D eigenvalue weighted by Crippen LogP contribution is -2.45. The number of nitrogens with zero attached hydrogens (tertiary/aromatic N) is 1. The molecule has 1 amide bonds. The number of Topliss-reactive ketones (excluding diaryl/α,β-unsaturated/α-hetero) is 1. The summed E-state index contributed by atoms with van der Waals surface area (Å²) in [6.07, 6.45) is 3.39. The summed E-state index contributed by atoms with van der Waals surface area (Å²) < 4.78 is 5.25. The molecule has 0 radical (unpaired) electrons. The Labute approximate surface area is 130 Å². The highest BCUT2D eigenvalue weighted by Gasteiger charge is 2.35. The number of benzene rings is 1. The lowest BCUT2D eigenvalue weighted by atomic mass is 9.98. The number of amides is 1. The molecule has 0 aromatic heterocycles. The third kappa shape index (κ3) is 3.45. The van der Waals surface area contributed by atoms with E-state index in [-0.39, 0.29) is 18.1 Å². The molecule has 1 saturated carbocycles. The van der Waals surface area contributed by atoms with Crippen LogP contribution in [0, 0.1) is 11.3 Å². The van der Waals surface area contributed by atoms with E-state index in [0.717, 1.165) is 12.8 Å². The zero-order valence-corrected chi connectivity index (χ0v) is 12.9. The second kappa shape index (κ2) is 6.61. The van der Waals surface area contributed by atoms with E-state index in [2.05, 4.69) is 11.4 Å². The minimum atomic E-state index is -0.734. The van der Waals surface area contributed by atoms with Crippen LogP contribution >= 0.6 is 0 Å². The van der Waals surface area contributed by atoms with Crippen LogP contribution in [0.25, 0.3) is 0 Å². The Balaban J connectivity index is 2.15. The number of rotatable bonds is 5. The van der Waals surface area contributed by atoms with Gasteiger partial charge in [-0.3, -0.25) is 9.59 Å². The summed E-state index contributed by atoms with van der Waals surface area (Å²) in [7, 11) is 1.53. The molecule has 1 aliphatic carbocycles. The Morgan fingerprint density at radius 2 is 2.05 bits per heavy atom. The fourth-order valence-corrected chi connectivity index (χ4v) is 2.86. The van der Waals surface area contributed by atoms with Gasteiger partial charge in [-0.25, -0.2) is 0 Å². The van der Waals surface area contributed by atoms with Crippen LogP contribution in [-0.4, -0.2) is 24.3 Å². The molecule has 0 unspecified atom stereocenters. The van der Waals surface area contributed by atoms with Crippen LogP contribution in [0.15, 0.2) is 18.2 Å². The number of ether oxygens (including phenoxy) is 1. The second-order valence-electron chi connectivity index (χ2n) is 5.71. The summed E-state index contributed by atoms with van der Waals surface area (Å²) in [5, 5.41) is 12.2. The molecule has 0 atom stereocenters. The molecule has 2 rings (SSSR count). The molecule has 1 aliphatic rings. The topological polar surface area (TPSA) is 79.2 Å². The van der Waals surface area contributed by atoms with Crippen LogP contribution in [0.4, 0.5) is 0 Å². The van der Waals surface area contributed by atoms with E-state index in [4.69, 9.17) is 4.74 Å². The molecule has 0 bridgehead atoms. The SMILES string of the molecule is COc1ccc(C(C)=O)cc1CC(=O)NC1(C#N)CCCC1. The number of methoxy groups -OCH3 is 1. The minimum Gasteiger partial charge on any atom is -0.496 e. The normalized spacial score (nSPS) is 15.9. The fraction of sp³-hybridized carbons (Fsp3) is 0.471. The zero-order chi connectivity index (χ0) is 16.2. The van der Waals surface area contributed by atoms with Crippen LogP contribution in [0.5, 0.6) is 5.75 Å².